The molecule has 1 N–H and O–H groups in total. The average molecular weight is 355 g/mol. The second-order valence-corrected chi connectivity index (χ2v) is 8.13. The molecule has 25 heavy (non-hydrogen) atoms. The number of hydrogen-bond donors (Lipinski definition) is 1. The van der Waals surface area contributed by atoms with Crippen LogP contribution < -0.4 is 5.32 Å². The molecule has 0 saturated heterocycles. The molecule has 0 aliphatic carbocycles. The molecule has 2 aromatic carbocycles. The lowest BCUT2D eigenvalue weighted by molar-refractivity contribution is 0.602. The predicted molar refractivity (Wildman–Crippen MR) is 100 cm³/mol. The standard InChI is InChI=1S/C19H21N3O2S/c1-3-15(11-14-7-5-4-6-8-14)22-19-17-12-16(25(2,23)24)9-10-18(17)20-13-21-19/h4-10,12-13,15H,3,11H2,1-2H3,(H,20,21,22). The van der Waals surface area contributed by atoms with Gasteiger partial charge in [-0.1, -0.05) is 37.3 Å². The predicted octanol–water partition coefficient (Wildman–Crippen LogP) is 3.47. The van der Waals surface area contributed by atoms with Crippen molar-refractivity contribution in [2.75, 3.05) is 11.6 Å². The molecule has 0 saturated carbocycles. The van der Waals surface area contributed by atoms with Crippen LogP contribution in [0.1, 0.15) is 18.9 Å². The first-order chi connectivity index (χ1) is 12.0. The molecule has 1 unspecified atom stereocenters. The minimum atomic E-state index is -3.28. The second kappa shape index (κ2) is 7.19. The third-order valence-corrected chi connectivity index (χ3v) is 5.30. The maximum absolute atomic E-state index is 11.8. The molecule has 1 heterocycles. The van der Waals surface area contributed by atoms with Gasteiger partial charge >= 0.3 is 0 Å². The van der Waals surface area contributed by atoms with Crippen molar-refractivity contribution < 1.29 is 8.42 Å². The van der Waals surface area contributed by atoms with Gasteiger partial charge in [0.05, 0.1) is 10.4 Å². The molecule has 0 amide bonds. The number of anilines is 1. The lowest BCUT2D eigenvalue weighted by Gasteiger charge is -2.19. The highest BCUT2D eigenvalue weighted by atomic mass is 32.2. The van der Waals surface area contributed by atoms with Crippen molar-refractivity contribution in [3.8, 4) is 0 Å². The number of rotatable bonds is 6. The zero-order valence-corrected chi connectivity index (χ0v) is 15.1. The summed E-state index contributed by atoms with van der Waals surface area (Å²) in [5.74, 6) is 0.665. The van der Waals surface area contributed by atoms with Gasteiger partial charge < -0.3 is 5.32 Å². The van der Waals surface area contributed by atoms with Crippen LogP contribution in [0.25, 0.3) is 10.9 Å². The van der Waals surface area contributed by atoms with Gasteiger partial charge in [-0.3, -0.25) is 0 Å². The van der Waals surface area contributed by atoms with E-state index >= 15 is 0 Å². The van der Waals surface area contributed by atoms with Crippen LogP contribution in [-0.2, 0) is 16.3 Å². The summed E-state index contributed by atoms with van der Waals surface area (Å²) in [4.78, 5) is 8.85. The smallest absolute Gasteiger partial charge is 0.175 e. The first kappa shape index (κ1) is 17.4. The highest BCUT2D eigenvalue weighted by Gasteiger charge is 2.14. The highest BCUT2D eigenvalue weighted by molar-refractivity contribution is 7.90. The van der Waals surface area contributed by atoms with E-state index in [-0.39, 0.29) is 10.9 Å². The maximum Gasteiger partial charge on any atom is 0.175 e. The Balaban J connectivity index is 1.94. The number of benzene rings is 2. The van der Waals surface area contributed by atoms with Gasteiger partial charge in [-0.25, -0.2) is 18.4 Å². The molecule has 0 radical (unpaired) electrons. The molecule has 6 heteroatoms. The van der Waals surface area contributed by atoms with Crippen LogP contribution in [0.2, 0.25) is 0 Å². The Morgan fingerprint density at radius 3 is 2.52 bits per heavy atom. The minimum Gasteiger partial charge on any atom is -0.366 e. The summed E-state index contributed by atoms with van der Waals surface area (Å²) in [6.45, 7) is 2.12. The second-order valence-electron chi connectivity index (χ2n) is 6.11. The summed E-state index contributed by atoms with van der Waals surface area (Å²) in [6.07, 6.45) is 4.50. The topological polar surface area (TPSA) is 72.0 Å². The van der Waals surface area contributed by atoms with Crippen LogP contribution in [0, 0.1) is 0 Å². The first-order valence-corrected chi connectivity index (χ1v) is 10.1. The number of nitrogens with zero attached hydrogens (tertiary/aromatic N) is 2. The molecular weight excluding hydrogens is 334 g/mol. The van der Waals surface area contributed by atoms with E-state index < -0.39 is 9.84 Å². The lowest BCUT2D eigenvalue weighted by Crippen LogP contribution is -2.22. The van der Waals surface area contributed by atoms with Crippen LogP contribution in [-0.4, -0.2) is 30.7 Å². The van der Waals surface area contributed by atoms with Gasteiger partial charge in [-0.05, 0) is 36.6 Å². The molecule has 1 atom stereocenters. The van der Waals surface area contributed by atoms with Crippen LogP contribution in [0.3, 0.4) is 0 Å². The average Bonchev–Trinajstić information content (AvgIpc) is 2.61. The molecule has 0 fully saturated rings. The fraction of sp³-hybridized carbons (Fsp3) is 0.263. The molecule has 0 aliphatic heterocycles. The molecule has 0 bridgehead atoms. The number of sulfone groups is 1. The van der Waals surface area contributed by atoms with E-state index in [1.165, 1.54) is 18.1 Å². The van der Waals surface area contributed by atoms with E-state index in [1.54, 1.807) is 18.2 Å². The quantitative estimate of drug-likeness (QED) is 0.733. The molecular formula is C19H21N3O2S. The third-order valence-electron chi connectivity index (χ3n) is 4.19. The van der Waals surface area contributed by atoms with E-state index in [0.29, 0.717) is 5.82 Å². The SMILES string of the molecule is CCC(Cc1ccccc1)Nc1ncnc2ccc(S(C)(=O)=O)cc12. The maximum atomic E-state index is 11.8. The summed E-state index contributed by atoms with van der Waals surface area (Å²) in [6, 6.07) is 15.4. The Kier molecular flexibility index (Phi) is 4.99. The molecule has 1 aromatic heterocycles. The van der Waals surface area contributed by atoms with Crippen LogP contribution >= 0.6 is 0 Å². The summed E-state index contributed by atoms with van der Waals surface area (Å²) >= 11 is 0. The lowest BCUT2D eigenvalue weighted by atomic mass is 10.0. The van der Waals surface area contributed by atoms with Gasteiger partial charge in [0.25, 0.3) is 0 Å². The van der Waals surface area contributed by atoms with E-state index in [4.69, 9.17) is 0 Å². The van der Waals surface area contributed by atoms with Crippen molar-refractivity contribution in [3.05, 3.63) is 60.4 Å². The minimum absolute atomic E-state index is 0.197. The number of hydrogen-bond acceptors (Lipinski definition) is 5. The van der Waals surface area contributed by atoms with Crippen LogP contribution in [0.4, 0.5) is 5.82 Å². The Labute approximate surface area is 148 Å². The molecule has 5 nitrogen and oxygen atoms in total. The summed E-state index contributed by atoms with van der Waals surface area (Å²) < 4.78 is 23.7. The third kappa shape index (κ3) is 4.14. The summed E-state index contributed by atoms with van der Waals surface area (Å²) in [7, 11) is -3.28. The Bertz CT molecular complexity index is 972. The zero-order valence-electron chi connectivity index (χ0n) is 14.3. The van der Waals surface area contributed by atoms with Gasteiger partial charge in [0, 0.05) is 17.7 Å². The van der Waals surface area contributed by atoms with E-state index in [9.17, 15) is 8.42 Å². The van der Waals surface area contributed by atoms with Crippen molar-refractivity contribution >= 4 is 26.6 Å². The molecule has 130 valence electrons. The Morgan fingerprint density at radius 2 is 1.84 bits per heavy atom. The molecule has 0 spiro atoms. The number of fused-ring (bicyclic) bond motifs is 1. The van der Waals surface area contributed by atoms with E-state index in [2.05, 4.69) is 34.3 Å². The van der Waals surface area contributed by atoms with Crippen molar-refractivity contribution in [2.24, 2.45) is 0 Å². The molecule has 3 rings (SSSR count). The van der Waals surface area contributed by atoms with Gasteiger partial charge in [0.2, 0.25) is 0 Å². The Morgan fingerprint density at radius 1 is 1.08 bits per heavy atom. The number of aromatic nitrogens is 2. The van der Waals surface area contributed by atoms with E-state index in [0.717, 1.165) is 23.7 Å². The molecule has 3 aromatic rings. The monoisotopic (exact) mass is 355 g/mol. The Hall–Kier alpha value is -2.47. The van der Waals surface area contributed by atoms with Crippen LogP contribution in [0.5, 0.6) is 0 Å². The highest BCUT2D eigenvalue weighted by Crippen LogP contribution is 2.24. The zero-order chi connectivity index (χ0) is 17.9. The number of nitrogens with one attached hydrogen (secondary N) is 1. The van der Waals surface area contributed by atoms with Gasteiger partial charge in [-0.15, -0.1) is 0 Å². The largest absolute Gasteiger partial charge is 0.366 e. The summed E-state index contributed by atoms with van der Waals surface area (Å²) in [5, 5.41) is 4.17. The fourth-order valence-corrected chi connectivity index (χ4v) is 3.42. The van der Waals surface area contributed by atoms with E-state index in [1.807, 2.05) is 18.2 Å². The van der Waals surface area contributed by atoms with Crippen molar-refractivity contribution in [1.82, 2.24) is 9.97 Å². The molecule has 0 aliphatic rings. The normalized spacial score (nSPS) is 12.9. The first-order valence-electron chi connectivity index (χ1n) is 8.22. The fourth-order valence-electron chi connectivity index (χ4n) is 2.77. The van der Waals surface area contributed by atoms with Gasteiger partial charge in [0.15, 0.2) is 9.84 Å². The van der Waals surface area contributed by atoms with Gasteiger partial charge in [-0.2, -0.15) is 0 Å². The van der Waals surface area contributed by atoms with Crippen LogP contribution in [0.15, 0.2) is 59.8 Å². The van der Waals surface area contributed by atoms with Gasteiger partial charge in [0.1, 0.15) is 12.1 Å². The summed E-state index contributed by atoms with van der Waals surface area (Å²) in [5.41, 5.74) is 1.97. The van der Waals surface area contributed by atoms with Crippen molar-refractivity contribution in [3.63, 3.8) is 0 Å². The van der Waals surface area contributed by atoms with Crippen molar-refractivity contribution in [1.29, 1.82) is 0 Å². The van der Waals surface area contributed by atoms with Crippen molar-refractivity contribution in [2.45, 2.75) is 30.7 Å².